The maximum absolute atomic E-state index is 12.0. The van der Waals surface area contributed by atoms with Gasteiger partial charge < -0.3 is 0 Å². The van der Waals surface area contributed by atoms with E-state index in [1.165, 1.54) is 11.1 Å². The maximum Gasteiger partial charge on any atom is 0.348 e. The molecule has 0 atom stereocenters. The topological polar surface area (TPSA) is 34.9 Å². The molecule has 0 N–H and O–H groups in total. The summed E-state index contributed by atoms with van der Waals surface area (Å²) in [5.41, 5.74) is 5.07. The first-order valence-corrected chi connectivity index (χ1v) is 6.99. The van der Waals surface area contributed by atoms with Crippen molar-refractivity contribution in [3.63, 3.8) is 0 Å². The van der Waals surface area contributed by atoms with Gasteiger partial charge in [-0.15, -0.1) is 0 Å². The molecule has 0 aliphatic rings. The summed E-state index contributed by atoms with van der Waals surface area (Å²) in [4.78, 5) is 16.0. The fraction of sp³-hybridized carbons (Fsp3) is 0.333. The van der Waals surface area contributed by atoms with Gasteiger partial charge in [-0.25, -0.2) is 4.79 Å². The first-order chi connectivity index (χ1) is 8.90. The second kappa shape index (κ2) is 5.29. The van der Waals surface area contributed by atoms with Crippen LogP contribution in [0, 0.1) is 27.7 Å². The van der Waals surface area contributed by atoms with Crippen molar-refractivity contribution in [2.75, 3.05) is 0 Å². The van der Waals surface area contributed by atoms with Crippen molar-refractivity contribution in [3.8, 4) is 0 Å². The van der Waals surface area contributed by atoms with Gasteiger partial charge in [0.15, 0.2) is 0 Å². The molecule has 0 aliphatic heterocycles. The third kappa shape index (κ3) is 2.78. The van der Waals surface area contributed by atoms with Gasteiger partial charge in [0.05, 0.1) is 16.7 Å². The highest BCUT2D eigenvalue weighted by atomic mass is 79.9. The lowest BCUT2D eigenvalue weighted by Gasteiger charge is -2.13. The minimum atomic E-state index is -0.198. The van der Waals surface area contributed by atoms with E-state index in [0.717, 1.165) is 21.4 Å². The number of aryl methyl sites for hydroxylation is 3. The Morgan fingerprint density at radius 2 is 1.84 bits per heavy atom. The third-order valence-electron chi connectivity index (χ3n) is 3.45. The average Bonchev–Trinajstić information content (AvgIpc) is 2.36. The van der Waals surface area contributed by atoms with Crippen LogP contribution < -0.4 is 5.69 Å². The summed E-state index contributed by atoms with van der Waals surface area (Å²) < 4.78 is 2.59. The van der Waals surface area contributed by atoms with Crippen LogP contribution in [0.4, 0.5) is 0 Å². The monoisotopic (exact) mass is 320 g/mol. The predicted molar refractivity (Wildman–Crippen MR) is 80.7 cm³/mol. The largest absolute Gasteiger partial charge is 0.348 e. The van der Waals surface area contributed by atoms with Gasteiger partial charge in [0.25, 0.3) is 0 Å². The molecule has 2 aromatic rings. The van der Waals surface area contributed by atoms with Gasteiger partial charge in [-0.05, 0) is 60.3 Å². The summed E-state index contributed by atoms with van der Waals surface area (Å²) in [6, 6.07) is 6.26. The van der Waals surface area contributed by atoms with Crippen molar-refractivity contribution < 1.29 is 0 Å². The molecule has 1 aromatic heterocycles. The van der Waals surface area contributed by atoms with E-state index in [9.17, 15) is 4.79 Å². The summed E-state index contributed by atoms with van der Waals surface area (Å²) >= 11 is 3.48. The van der Waals surface area contributed by atoms with Crippen LogP contribution in [0.2, 0.25) is 0 Å². The molecule has 0 fully saturated rings. The molecule has 3 nitrogen and oxygen atoms in total. The molecule has 0 bridgehead atoms. The Morgan fingerprint density at radius 3 is 2.47 bits per heavy atom. The number of aromatic nitrogens is 2. The van der Waals surface area contributed by atoms with Gasteiger partial charge in [0, 0.05) is 5.69 Å². The zero-order valence-corrected chi connectivity index (χ0v) is 13.2. The van der Waals surface area contributed by atoms with Crippen LogP contribution in [0.25, 0.3) is 0 Å². The van der Waals surface area contributed by atoms with Gasteiger partial charge >= 0.3 is 5.69 Å². The van der Waals surface area contributed by atoms with E-state index in [-0.39, 0.29) is 5.69 Å². The summed E-state index contributed by atoms with van der Waals surface area (Å²) in [6.07, 6.45) is 0. The van der Waals surface area contributed by atoms with Gasteiger partial charge in [0.2, 0.25) is 0 Å². The molecule has 100 valence electrons. The molecule has 0 aliphatic carbocycles. The second-order valence-corrected chi connectivity index (χ2v) is 5.68. The Labute approximate surface area is 121 Å². The molecule has 0 spiro atoms. The summed E-state index contributed by atoms with van der Waals surface area (Å²) in [6.45, 7) is 8.48. The Morgan fingerprint density at radius 1 is 1.16 bits per heavy atom. The van der Waals surface area contributed by atoms with E-state index in [4.69, 9.17) is 0 Å². The molecule has 0 saturated carbocycles. The van der Waals surface area contributed by atoms with Crippen LogP contribution in [0.1, 0.15) is 28.1 Å². The number of benzene rings is 1. The normalized spacial score (nSPS) is 10.8. The van der Waals surface area contributed by atoms with E-state index in [2.05, 4.69) is 53.0 Å². The van der Waals surface area contributed by atoms with Crippen LogP contribution in [0.5, 0.6) is 0 Å². The molecular weight excluding hydrogens is 304 g/mol. The van der Waals surface area contributed by atoms with Crippen molar-refractivity contribution in [2.45, 2.75) is 34.2 Å². The smallest absolute Gasteiger partial charge is 0.291 e. The Bertz CT molecular complexity index is 689. The number of hydrogen-bond acceptors (Lipinski definition) is 2. The highest BCUT2D eigenvalue weighted by molar-refractivity contribution is 9.10. The number of halogens is 1. The molecule has 2 rings (SSSR count). The molecule has 1 aromatic carbocycles. The molecule has 4 heteroatoms. The average molecular weight is 321 g/mol. The van der Waals surface area contributed by atoms with E-state index < -0.39 is 0 Å². The summed E-state index contributed by atoms with van der Waals surface area (Å²) in [5.74, 6) is 0. The second-order valence-electron chi connectivity index (χ2n) is 4.88. The Hall–Kier alpha value is -1.42. The highest BCUT2D eigenvalue weighted by Crippen LogP contribution is 2.18. The number of hydrogen-bond donors (Lipinski definition) is 0. The van der Waals surface area contributed by atoms with Crippen molar-refractivity contribution >= 4 is 15.9 Å². The third-order valence-corrected chi connectivity index (χ3v) is 4.59. The molecule has 0 radical (unpaired) electrons. The Balaban J connectivity index is 2.46. The molecular formula is C15H17BrN2O. The van der Waals surface area contributed by atoms with Crippen LogP contribution in [0.15, 0.2) is 27.5 Å². The number of rotatable bonds is 2. The lowest BCUT2D eigenvalue weighted by molar-refractivity contribution is 0.688. The predicted octanol–water partition coefficient (Wildman–Crippen LogP) is 3.29. The lowest BCUT2D eigenvalue weighted by Crippen LogP contribution is -2.26. The van der Waals surface area contributed by atoms with Crippen LogP contribution in [-0.4, -0.2) is 9.55 Å². The maximum atomic E-state index is 12.0. The van der Waals surface area contributed by atoms with Crippen LogP contribution in [0.3, 0.4) is 0 Å². The Kier molecular flexibility index (Phi) is 3.90. The quantitative estimate of drug-likeness (QED) is 0.851. The van der Waals surface area contributed by atoms with Gasteiger partial charge in [-0.2, -0.15) is 4.98 Å². The lowest BCUT2D eigenvalue weighted by atomic mass is 10.1. The van der Waals surface area contributed by atoms with Gasteiger partial charge in [0.1, 0.15) is 0 Å². The zero-order chi connectivity index (χ0) is 14.2. The molecule has 0 amide bonds. The van der Waals surface area contributed by atoms with Crippen LogP contribution >= 0.6 is 15.9 Å². The van der Waals surface area contributed by atoms with Crippen molar-refractivity contribution in [1.82, 2.24) is 9.55 Å². The van der Waals surface area contributed by atoms with E-state index >= 15 is 0 Å². The van der Waals surface area contributed by atoms with E-state index in [0.29, 0.717) is 6.54 Å². The molecule has 19 heavy (non-hydrogen) atoms. The van der Waals surface area contributed by atoms with E-state index in [1.54, 1.807) is 4.57 Å². The molecule has 0 unspecified atom stereocenters. The van der Waals surface area contributed by atoms with Crippen molar-refractivity contribution in [2.24, 2.45) is 0 Å². The standard InChI is InChI=1S/C15H17BrN2O/c1-9-5-6-13(7-10(9)2)8-18-12(4)14(16)11(3)17-15(18)19/h5-7H,8H2,1-4H3. The number of nitrogens with zero attached hydrogens (tertiary/aromatic N) is 2. The minimum absolute atomic E-state index is 0.198. The fourth-order valence-electron chi connectivity index (χ4n) is 2.05. The fourth-order valence-corrected chi connectivity index (χ4v) is 2.35. The molecule has 1 heterocycles. The SMILES string of the molecule is Cc1ccc(Cn2c(C)c(Br)c(C)nc2=O)cc1C. The first-order valence-electron chi connectivity index (χ1n) is 6.20. The van der Waals surface area contributed by atoms with Crippen molar-refractivity contribution in [3.05, 3.63) is 61.2 Å². The highest BCUT2D eigenvalue weighted by Gasteiger charge is 2.09. The molecule has 0 saturated heterocycles. The zero-order valence-electron chi connectivity index (χ0n) is 11.6. The van der Waals surface area contributed by atoms with Gasteiger partial charge in [-0.3, -0.25) is 4.57 Å². The van der Waals surface area contributed by atoms with Crippen molar-refractivity contribution in [1.29, 1.82) is 0 Å². The first kappa shape index (κ1) is 14.0. The van der Waals surface area contributed by atoms with Gasteiger partial charge in [-0.1, -0.05) is 18.2 Å². The minimum Gasteiger partial charge on any atom is -0.291 e. The summed E-state index contributed by atoms with van der Waals surface area (Å²) in [5, 5.41) is 0. The summed E-state index contributed by atoms with van der Waals surface area (Å²) in [7, 11) is 0. The van der Waals surface area contributed by atoms with Crippen LogP contribution in [-0.2, 0) is 6.54 Å². The van der Waals surface area contributed by atoms with E-state index in [1.807, 2.05) is 13.8 Å².